The van der Waals surface area contributed by atoms with Crippen molar-refractivity contribution in [2.75, 3.05) is 6.61 Å². The van der Waals surface area contributed by atoms with E-state index in [2.05, 4.69) is 9.97 Å². The van der Waals surface area contributed by atoms with Crippen molar-refractivity contribution < 1.29 is 4.74 Å². The Bertz CT molecular complexity index is 777. The average Bonchev–Trinajstić information content (AvgIpc) is 2.78. The van der Waals surface area contributed by atoms with Crippen molar-refractivity contribution in [3.05, 3.63) is 53.1 Å². The van der Waals surface area contributed by atoms with E-state index in [4.69, 9.17) is 17.0 Å². The van der Waals surface area contributed by atoms with E-state index in [1.54, 1.807) is 6.20 Å². The molecule has 20 heavy (non-hydrogen) atoms. The zero-order valence-corrected chi connectivity index (χ0v) is 12.0. The molecular weight excluding hydrogens is 270 g/mol. The molecular formula is C15H15N3OS. The number of hydrogen-bond donors (Lipinski definition) is 1. The predicted octanol–water partition coefficient (Wildman–Crippen LogP) is 3.54. The number of hydrogen-bond acceptors (Lipinski definition) is 3. The Morgan fingerprint density at radius 1 is 1.25 bits per heavy atom. The highest BCUT2D eigenvalue weighted by atomic mass is 32.1. The number of pyridine rings is 1. The molecule has 3 aromatic rings. The van der Waals surface area contributed by atoms with Gasteiger partial charge in [0.25, 0.3) is 0 Å². The number of imidazole rings is 1. The number of nitrogens with zero attached hydrogens (tertiary/aromatic N) is 2. The molecule has 0 aliphatic heterocycles. The Morgan fingerprint density at radius 2 is 2.15 bits per heavy atom. The van der Waals surface area contributed by atoms with Crippen molar-refractivity contribution in [3.8, 4) is 5.75 Å². The largest absolute Gasteiger partial charge is 0.492 e. The van der Waals surface area contributed by atoms with E-state index in [0.29, 0.717) is 17.9 Å². The van der Waals surface area contributed by atoms with Gasteiger partial charge in [-0.05, 0) is 43.4 Å². The minimum absolute atomic E-state index is 0.630. The second kappa shape index (κ2) is 5.46. The van der Waals surface area contributed by atoms with Crippen LogP contribution in [0, 0.1) is 4.77 Å². The van der Waals surface area contributed by atoms with Crippen molar-refractivity contribution in [2.45, 2.75) is 13.5 Å². The average molecular weight is 285 g/mol. The molecule has 4 nitrogen and oxygen atoms in total. The maximum atomic E-state index is 5.63. The fourth-order valence-electron chi connectivity index (χ4n) is 2.24. The second-order valence-corrected chi connectivity index (χ2v) is 4.81. The lowest BCUT2D eigenvalue weighted by atomic mass is 10.3. The van der Waals surface area contributed by atoms with E-state index in [1.165, 1.54) is 0 Å². The smallest absolute Gasteiger partial charge is 0.178 e. The van der Waals surface area contributed by atoms with Gasteiger partial charge in [-0.1, -0.05) is 12.1 Å². The summed E-state index contributed by atoms with van der Waals surface area (Å²) < 4.78 is 8.35. The first-order valence-electron chi connectivity index (χ1n) is 6.54. The van der Waals surface area contributed by atoms with Gasteiger partial charge in [0.05, 0.1) is 24.4 Å². The number of rotatable bonds is 4. The van der Waals surface area contributed by atoms with Gasteiger partial charge >= 0.3 is 0 Å². The molecule has 102 valence electrons. The van der Waals surface area contributed by atoms with Gasteiger partial charge in [-0.15, -0.1) is 0 Å². The topological polar surface area (TPSA) is 42.8 Å². The minimum Gasteiger partial charge on any atom is -0.492 e. The quantitative estimate of drug-likeness (QED) is 0.746. The van der Waals surface area contributed by atoms with Gasteiger partial charge in [-0.3, -0.25) is 4.98 Å². The van der Waals surface area contributed by atoms with Crippen LogP contribution in [-0.2, 0) is 6.54 Å². The van der Waals surface area contributed by atoms with Crippen molar-refractivity contribution in [3.63, 3.8) is 0 Å². The molecule has 3 rings (SSSR count). The van der Waals surface area contributed by atoms with Crippen LogP contribution < -0.4 is 4.74 Å². The zero-order valence-electron chi connectivity index (χ0n) is 11.2. The van der Waals surface area contributed by atoms with E-state index in [9.17, 15) is 0 Å². The van der Waals surface area contributed by atoms with E-state index in [1.807, 2.05) is 47.9 Å². The Kier molecular flexibility index (Phi) is 3.52. The molecule has 0 saturated carbocycles. The summed E-state index contributed by atoms with van der Waals surface area (Å²) in [4.78, 5) is 7.57. The Morgan fingerprint density at radius 3 is 2.90 bits per heavy atom. The first kappa shape index (κ1) is 12.9. The first-order chi connectivity index (χ1) is 9.79. The molecule has 5 heteroatoms. The molecule has 0 radical (unpaired) electrons. The van der Waals surface area contributed by atoms with Crippen LogP contribution in [0.3, 0.4) is 0 Å². The van der Waals surface area contributed by atoms with Gasteiger partial charge in [-0.2, -0.15) is 0 Å². The molecule has 2 aromatic heterocycles. The molecule has 1 aromatic carbocycles. The van der Waals surface area contributed by atoms with Crippen LogP contribution in [0.2, 0.25) is 0 Å². The van der Waals surface area contributed by atoms with Gasteiger partial charge < -0.3 is 14.3 Å². The van der Waals surface area contributed by atoms with Crippen LogP contribution >= 0.6 is 12.2 Å². The predicted molar refractivity (Wildman–Crippen MR) is 81.6 cm³/mol. The third-order valence-electron chi connectivity index (χ3n) is 3.12. The zero-order chi connectivity index (χ0) is 13.9. The lowest BCUT2D eigenvalue weighted by molar-refractivity contribution is 0.343. The van der Waals surface area contributed by atoms with E-state index in [0.717, 1.165) is 22.5 Å². The summed E-state index contributed by atoms with van der Waals surface area (Å²) in [6.45, 7) is 3.25. The maximum absolute atomic E-state index is 5.63. The van der Waals surface area contributed by atoms with Crippen LogP contribution in [0.1, 0.15) is 12.6 Å². The second-order valence-electron chi connectivity index (χ2n) is 4.42. The first-order valence-corrected chi connectivity index (χ1v) is 6.94. The maximum Gasteiger partial charge on any atom is 0.178 e. The van der Waals surface area contributed by atoms with Gasteiger partial charge in [0.2, 0.25) is 0 Å². The summed E-state index contributed by atoms with van der Waals surface area (Å²) in [5.41, 5.74) is 2.95. The fraction of sp³-hybridized carbons (Fsp3) is 0.200. The van der Waals surface area contributed by atoms with E-state index >= 15 is 0 Å². The van der Waals surface area contributed by atoms with Gasteiger partial charge in [-0.25, -0.2) is 0 Å². The Labute approximate surface area is 122 Å². The number of ether oxygens (including phenoxy) is 1. The molecule has 0 unspecified atom stereocenters. The highest BCUT2D eigenvalue weighted by Gasteiger charge is 2.09. The fourth-order valence-corrected chi connectivity index (χ4v) is 2.51. The van der Waals surface area contributed by atoms with Crippen LogP contribution in [0.4, 0.5) is 0 Å². The summed E-state index contributed by atoms with van der Waals surface area (Å²) in [6, 6.07) is 11.8. The molecule has 0 saturated heterocycles. The number of para-hydroxylation sites is 1. The van der Waals surface area contributed by atoms with E-state index < -0.39 is 0 Å². The normalized spacial score (nSPS) is 10.8. The van der Waals surface area contributed by atoms with Crippen molar-refractivity contribution in [2.24, 2.45) is 0 Å². The van der Waals surface area contributed by atoms with Crippen molar-refractivity contribution in [1.82, 2.24) is 14.5 Å². The molecule has 1 N–H and O–H groups in total. The molecule has 0 aliphatic carbocycles. The summed E-state index contributed by atoms with van der Waals surface area (Å²) in [5, 5.41) is 0. The molecule has 2 heterocycles. The van der Waals surface area contributed by atoms with E-state index in [-0.39, 0.29) is 0 Å². The van der Waals surface area contributed by atoms with Crippen LogP contribution in [0.15, 0.2) is 42.6 Å². The van der Waals surface area contributed by atoms with Crippen molar-refractivity contribution in [1.29, 1.82) is 0 Å². The van der Waals surface area contributed by atoms with Gasteiger partial charge in [0, 0.05) is 6.20 Å². The number of aromatic nitrogens is 3. The summed E-state index contributed by atoms with van der Waals surface area (Å²) >= 11 is 5.42. The number of H-pyrrole nitrogens is 1. The standard InChI is InChI=1S/C15H15N3OS/c1-2-19-13-8-5-7-12-14(13)17-15(20)18(12)10-11-6-3-4-9-16-11/h3-9H,2,10H2,1H3,(H,17,20). The summed E-state index contributed by atoms with van der Waals surface area (Å²) in [5.74, 6) is 0.830. The Balaban J connectivity index is 2.10. The van der Waals surface area contributed by atoms with Gasteiger partial charge in [0.15, 0.2) is 4.77 Å². The molecule has 0 spiro atoms. The monoisotopic (exact) mass is 285 g/mol. The van der Waals surface area contributed by atoms with Crippen molar-refractivity contribution >= 4 is 23.3 Å². The summed E-state index contributed by atoms with van der Waals surface area (Å²) in [6.07, 6.45) is 1.79. The minimum atomic E-state index is 0.630. The lowest BCUT2D eigenvalue weighted by Gasteiger charge is -2.06. The van der Waals surface area contributed by atoms with Gasteiger partial charge in [0.1, 0.15) is 11.3 Å². The third kappa shape index (κ3) is 2.32. The summed E-state index contributed by atoms with van der Waals surface area (Å²) in [7, 11) is 0. The highest BCUT2D eigenvalue weighted by molar-refractivity contribution is 7.71. The number of fused-ring (bicyclic) bond motifs is 1. The third-order valence-corrected chi connectivity index (χ3v) is 3.44. The molecule has 0 amide bonds. The molecule has 0 bridgehead atoms. The number of nitrogens with one attached hydrogen (secondary N) is 1. The number of aromatic amines is 1. The number of benzene rings is 1. The van der Waals surface area contributed by atoms with Crippen LogP contribution in [0.25, 0.3) is 11.0 Å². The molecule has 0 fully saturated rings. The molecule has 0 aliphatic rings. The van der Waals surface area contributed by atoms with Crippen LogP contribution in [-0.4, -0.2) is 21.1 Å². The lowest BCUT2D eigenvalue weighted by Crippen LogP contribution is -2.01. The highest BCUT2D eigenvalue weighted by Crippen LogP contribution is 2.25. The molecule has 0 atom stereocenters. The van der Waals surface area contributed by atoms with Crippen LogP contribution in [0.5, 0.6) is 5.75 Å². The Hall–Kier alpha value is -2.14. The SMILES string of the molecule is CCOc1cccc2c1[nH]c(=S)n2Cc1ccccn1.